The van der Waals surface area contributed by atoms with E-state index in [2.05, 4.69) is 9.47 Å². The Labute approximate surface area is 134 Å². The summed E-state index contributed by atoms with van der Waals surface area (Å²) in [6.45, 7) is 0. The molecule has 0 atom stereocenters. The van der Waals surface area contributed by atoms with Gasteiger partial charge in [0.1, 0.15) is 6.07 Å². The summed E-state index contributed by atoms with van der Waals surface area (Å²) in [6.07, 6.45) is 1.11. The van der Waals surface area contributed by atoms with Crippen LogP contribution in [-0.4, -0.2) is 30.7 Å². The lowest BCUT2D eigenvalue weighted by atomic mass is 10.1. The second-order valence-corrected chi connectivity index (χ2v) is 4.55. The lowest BCUT2D eigenvalue weighted by molar-refractivity contribution is 0.0581. The molecule has 1 aromatic carbocycles. The molecule has 2 rings (SSSR count). The van der Waals surface area contributed by atoms with E-state index in [1.54, 1.807) is 6.07 Å². The Balaban J connectivity index is 2.86. The molecule has 1 aromatic heterocycles. The van der Waals surface area contributed by atoms with E-state index in [-0.39, 0.29) is 28.2 Å². The third-order valence-electron chi connectivity index (χ3n) is 3.25. The zero-order valence-electron chi connectivity index (χ0n) is 12.6. The van der Waals surface area contributed by atoms with Gasteiger partial charge in [0, 0.05) is 12.3 Å². The highest BCUT2D eigenvalue weighted by molar-refractivity contribution is 5.98. The number of carbonyl (C=O) groups is 2. The number of nitrogens with two attached hydrogens (primary N) is 1. The SMILES string of the molecule is COC(=O)c1cc(F)c(F)cc1-n1cc(C#N)c(N)c1C(=O)OC. The van der Waals surface area contributed by atoms with E-state index < -0.39 is 23.6 Å². The van der Waals surface area contributed by atoms with E-state index in [4.69, 9.17) is 11.0 Å². The summed E-state index contributed by atoms with van der Waals surface area (Å²) in [4.78, 5) is 23.8. The molecule has 2 aromatic rings. The van der Waals surface area contributed by atoms with Gasteiger partial charge < -0.3 is 19.8 Å². The van der Waals surface area contributed by atoms with E-state index in [0.717, 1.165) is 25.0 Å². The number of hydrogen-bond acceptors (Lipinski definition) is 6. The second-order valence-electron chi connectivity index (χ2n) is 4.55. The van der Waals surface area contributed by atoms with Gasteiger partial charge in [-0.3, -0.25) is 0 Å². The maximum Gasteiger partial charge on any atom is 0.357 e. The van der Waals surface area contributed by atoms with Crippen LogP contribution < -0.4 is 5.73 Å². The highest BCUT2D eigenvalue weighted by Crippen LogP contribution is 2.28. The molecule has 0 aliphatic heterocycles. The fraction of sp³-hybridized carbons (Fsp3) is 0.133. The Hall–Kier alpha value is -3.41. The Morgan fingerprint density at radius 1 is 1.17 bits per heavy atom. The van der Waals surface area contributed by atoms with E-state index in [0.29, 0.717) is 12.1 Å². The van der Waals surface area contributed by atoms with Gasteiger partial charge in [-0.15, -0.1) is 0 Å². The zero-order chi connectivity index (χ0) is 18.0. The van der Waals surface area contributed by atoms with Crippen molar-refractivity contribution in [2.45, 2.75) is 0 Å². The Morgan fingerprint density at radius 2 is 1.75 bits per heavy atom. The van der Waals surface area contributed by atoms with Crippen LogP contribution in [0.2, 0.25) is 0 Å². The average Bonchev–Trinajstić information content (AvgIpc) is 2.91. The van der Waals surface area contributed by atoms with Gasteiger partial charge in [-0.05, 0) is 6.07 Å². The number of nitriles is 1. The predicted octanol–water partition coefficient (Wildman–Crippen LogP) is 1.78. The first-order valence-corrected chi connectivity index (χ1v) is 6.42. The molecule has 2 N–H and O–H groups in total. The largest absolute Gasteiger partial charge is 0.465 e. The maximum atomic E-state index is 13.7. The van der Waals surface area contributed by atoms with Crippen LogP contribution in [0.4, 0.5) is 14.5 Å². The van der Waals surface area contributed by atoms with Crippen LogP contribution in [0.15, 0.2) is 18.3 Å². The summed E-state index contributed by atoms with van der Waals surface area (Å²) >= 11 is 0. The maximum absolute atomic E-state index is 13.7. The van der Waals surface area contributed by atoms with Crippen molar-refractivity contribution in [2.75, 3.05) is 20.0 Å². The summed E-state index contributed by atoms with van der Waals surface area (Å²) in [5.41, 5.74) is 4.52. The number of nitrogens with zero attached hydrogens (tertiary/aromatic N) is 2. The van der Waals surface area contributed by atoms with E-state index >= 15 is 0 Å². The minimum Gasteiger partial charge on any atom is -0.465 e. The first kappa shape index (κ1) is 17.0. The van der Waals surface area contributed by atoms with Crippen LogP contribution in [0.5, 0.6) is 0 Å². The topological polar surface area (TPSA) is 107 Å². The number of nitrogen functional groups attached to an aromatic ring is 1. The Morgan fingerprint density at radius 3 is 2.29 bits per heavy atom. The number of benzene rings is 1. The Kier molecular flexibility index (Phi) is 4.50. The van der Waals surface area contributed by atoms with E-state index in [1.807, 2.05) is 0 Å². The summed E-state index contributed by atoms with van der Waals surface area (Å²) < 4.78 is 37.2. The van der Waals surface area contributed by atoms with Gasteiger partial charge in [0.15, 0.2) is 17.3 Å². The number of esters is 2. The van der Waals surface area contributed by atoms with Crippen LogP contribution in [0.1, 0.15) is 26.4 Å². The lowest BCUT2D eigenvalue weighted by Gasteiger charge is -2.13. The number of ether oxygens (including phenoxy) is 2. The molecule has 0 saturated heterocycles. The fourth-order valence-corrected chi connectivity index (χ4v) is 2.11. The summed E-state index contributed by atoms with van der Waals surface area (Å²) in [5.74, 6) is -4.43. The molecule has 0 saturated carbocycles. The molecule has 124 valence electrons. The molecule has 0 fully saturated rings. The first-order chi connectivity index (χ1) is 11.3. The minimum atomic E-state index is -1.28. The average molecular weight is 335 g/mol. The monoisotopic (exact) mass is 335 g/mol. The summed E-state index contributed by atoms with van der Waals surface area (Å²) in [5, 5.41) is 9.06. The molecule has 0 unspecified atom stereocenters. The highest BCUT2D eigenvalue weighted by atomic mass is 19.2. The first-order valence-electron chi connectivity index (χ1n) is 6.42. The van der Waals surface area contributed by atoms with Gasteiger partial charge in [-0.25, -0.2) is 18.4 Å². The molecular weight excluding hydrogens is 324 g/mol. The van der Waals surface area contributed by atoms with Crippen molar-refractivity contribution < 1.29 is 27.8 Å². The molecular formula is C15H11F2N3O4. The van der Waals surface area contributed by atoms with Gasteiger partial charge >= 0.3 is 11.9 Å². The molecule has 0 radical (unpaired) electrons. The van der Waals surface area contributed by atoms with Crippen LogP contribution >= 0.6 is 0 Å². The third kappa shape index (κ3) is 2.65. The normalized spacial score (nSPS) is 10.1. The predicted molar refractivity (Wildman–Crippen MR) is 77.5 cm³/mol. The van der Waals surface area contributed by atoms with Gasteiger partial charge in [0.25, 0.3) is 0 Å². The molecule has 0 bridgehead atoms. The van der Waals surface area contributed by atoms with Crippen LogP contribution in [0.25, 0.3) is 5.69 Å². The van der Waals surface area contributed by atoms with Crippen molar-refractivity contribution in [2.24, 2.45) is 0 Å². The van der Waals surface area contributed by atoms with Crippen LogP contribution in [0.3, 0.4) is 0 Å². The van der Waals surface area contributed by atoms with E-state index in [9.17, 15) is 18.4 Å². The molecule has 0 spiro atoms. The van der Waals surface area contributed by atoms with Crippen molar-refractivity contribution in [3.05, 3.63) is 46.8 Å². The smallest absolute Gasteiger partial charge is 0.357 e. The van der Waals surface area contributed by atoms with Gasteiger partial charge in [0.2, 0.25) is 0 Å². The molecule has 1 heterocycles. The third-order valence-corrected chi connectivity index (χ3v) is 3.25. The van der Waals surface area contributed by atoms with Crippen LogP contribution in [-0.2, 0) is 9.47 Å². The number of hydrogen-bond donors (Lipinski definition) is 1. The number of methoxy groups -OCH3 is 2. The Bertz CT molecular complexity index is 884. The van der Waals surface area contributed by atoms with Gasteiger partial charge in [-0.1, -0.05) is 0 Å². The van der Waals surface area contributed by atoms with Crippen molar-refractivity contribution in [3.8, 4) is 11.8 Å². The molecule has 9 heteroatoms. The molecule has 24 heavy (non-hydrogen) atoms. The van der Waals surface area contributed by atoms with Crippen molar-refractivity contribution in [1.29, 1.82) is 5.26 Å². The number of anilines is 1. The quantitative estimate of drug-likeness (QED) is 0.857. The van der Waals surface area contributed by atoms with Gasteiger partial charge in [-0.2, -0.15) is 5.26 Å². The fourth-order valence-electron chi connectivity index (χ4n) is 2.11. The number of aromatic nitrogens is 1. The lowest BCUT2D eigenvalue weighted by Crippen LogP contribution is -2.15. The number of halogens is 2. The second kappa shape index (κ2) is 6.37. The summed E-state index contributed by atoms with van der Waals surface area (Å²) in [6, 6.07) is 3.07. The van der Waals surface area contributed by atoms with Crippen molar-refractivity contribution in [3.63, 3.8) is 0 Å². The number of carbonyl (C=O) groups excluding carboxylic acids is 2. The van der Waals surface area contributed by atoms with Crippen LogP contribution in [0, 0.1) is 23.0 Å². The minimum absolute atomic E-state index is 0.101. The highest BCUT2D eigenvalue weighted by Gasteiger charge is 2.26. The molecule has 0 aliphatic carbocycles. The molecule has 0 aliphatic rings. The van der Waals surface area contributed by atoms with Crippen molar-refractivity contribution >= 4 is 17.6 Å². The van der Waals surface area contributed by atoms with Crippen molar-refractivity contribution in [1.82, 2.24) is 4.57 Å². The zero-order valence-corrected chi connectivity index (χ0v) is 12.6. The number of rotatable bonds is 3. The van der Waals surface area contributed by atoms with E-state index in [1.165, 1.54) is 0 Å². The summed E-state index contributed by atoms with van der Waals surface area (Å²) in [7, 11) is 2.14. The van der Waals surface area contributed by atoms with Gasteiger partial charge in [0.05, 0.1) is 36.7 Å². The molecule has 7 nitrogen and oxygen atoms in total. The standard InChI is InChI=1S/C15H11F2N3O4/c1-23-14(21)8-3-9(16)10(17)4-11(8)20-6-7(5-18)12(19)13(20)15(22)24-2/h3-4,6H,19H2,1-2H3. The molecule has 0 amide bonds.